The summed E-state index contributed by atoms with van der Waals surface area (Å²) in [5.41, 5.74) is -2.74. The predicted molar refractivity (Wildman–Crippen MR) is 71.3 cm³/mol. The number of aliphatic carboxylic acids is 1. The molecule has 2 rings (SSSR count). The first-order valence-electron chi connectivity index (χ1n) is 6.40. The Morgan fingerprint density at radius 1 is 1.45 bits per heavy atom. The zero-order valence-corrected chi connectivity index (χ0v) is 11.4. The predicted octanol–water partition coefficient (Wildman–Crippen LogP) is 0.999. The topological polar surface area (TPSA) is 110 Å². The van der Waals surface area contributed by atoms with Gasteiger partial charge >= 0.3 is 11.7 Å². The molecule has 22 heavy (non-hydrogen) atoms. The van der Waals surface area contributed by atoms with Gasteiger partial charge in [0.25, 0.3) is 5.91 Å². The lowest BCUT2D eigenvalue weighted by Gasteiger charge is -2.17. The van der Waals surface area contributed by atoms with Crippen LogP contribution in [0.25, 0.3) is 0 Å². The molecule has 8 nitrogen and oxygen atoms in total. The summed E-state index contributed by atoms with van der Waals surface area (Å²) in [6, 6.07) is 5.54. The number of rotatable bonds is 5. The number of alkyl halides is 1. The normalized spacial score (nSPS) is 20.7. The second-order valence-electron chi connectivity index (χ2n) is 4.85. The lowest BCUT2D eigenvalue weighted by atomic mass is 10.1. The maximum Gasteiger partial charge on any atom is 0.343 e. The minimum Gasteiger partial charge on any atom is -0.479 e. The van der Waals surface area contributed by atoms with Crippen LogP contribution in [0.5, 0.6) is 5.75 Å². The Bertz CT molecular complexity index is 622. The molecule has 1 aromatic carbocycles. The Labute approximate surface area is 124 Å². The Hall–Kier alpha value is -2.71. The zero-order chi connectivity index (χ0) is 16.3. The first-order valence-corrected chi connectivity index (χ1v) is 6.40. The van der Waals surface area contributed by atoms with E-state index < -0.39 is 35.6 Å². The third-order valence-corrected chi connectivity index (χ3v) is 3.37. The van der Waals surface area contributed by atoms with Crippen LogP contribution >= 0.6 is 0 Å². The number of nitrogens with zero attached hydrogens (tertiary/aromatic N) is 2. The molecule has 1 N–H and O–H groups in total. The number of ether oxygens (including phenoxy) is 1. The number of carboxylic acids is 1. The highest BCUT2D eigenvalue weighted by molar-refractivity contribution is 5.83. The molecule has 1 fully saturated rings. The van der Waals surface area contributed by atoms with E-state index >= 15 is 0 Å². The van der Waals surface area contributed by atoms with Gasteiger partial charge in [-0.2, -0.15) is 0 Å². The van der Waals surface area contributed by atoms with Gasteiger partial charge in [-0.05, 0) is 6.07 Å². The molecule has 1 heterocycles. The third-order valence-electron chi connectivity index (χ3n) is 3.37. The van der Waals surface area contributed by atoms with Crippen molar-refractivity contribution in [2.75, 3.05) is 19.7 Å². The van der Waals surface area contributed by atoms with Crippen LogP contribution in [-0.4, -0.2) is 52.2 Å². The molecule has 1 amide bonds. The van der Waals surface area contributed by atoms with E-state index in [-0.39, 0.29) is 24.4 Å². The molecule has 1 unspecified atom stereocenters. The summed E-state index contributed by atoms with van der Waals surface area (Å²) < 4.78 is 19.0. The monoisotopic (exact) mass is 312 g/mol. The number of benzene rings is 1. The van der Waals surface area contributed by atoms with Crippen molar-refractivity contribution >= 4 is 17.6 Å². The van der Waals surface area contributed by atoms with E-state index in [1.807, 2.05) is 0 Å². The maximum atomic E-state index is 13.9. The molecule has 118 valence electrons. The van der Waals surface area contributed by atoms with Crippen LogP contribution in [0.1, 0.15) is 6.42 Å². The van der Waals surface area contributed by atoms with E-state index in [2.05, 4.69) is 0 Å². The van der Waals surface area contributed by atoms with Crippen molar-refractivity contribution in [2.24, 2.45) is 0 Å². The summed E-state index contributed by atoms with van der Waals surface area (Å²) in [5.74, 6) is -2.31. The molecule has 0 radical (unpaired) electrons. The average molecular weight is 312 g/mol. The standard InChI is InChI=1S/C13H13FN2O6/c14-13(12(18)19)5-6-15(8-13)11(17)7-22-10-4-2-1-3-9(10)16(20)21/h1-4H,5-8H2,(H,18,19). The van der Waals surface area contributed by atoms with E-state index in [1.54, 1.807) is 0 Å². The van der Waals surface area contributed by atoms with Crippen LogP contribution in [0.15, 0.2) is 24.3 Å². The summed E-state index contributed by atoms with van der Waals surface area (Å²) in [7, 11) is 0. The van der Waals surface area contributed by atoms with Gasteiger partial charge in [-0.25, -0.2) is 9.18 Å². The van der Waals surface area contributed by atoms with Crippen LogP contribution in [0.2, 0.25) is 0 Å². The number of halogens is 1. The molecule has 0 aliphatic carbocycles. The number of carbonyl (C=O) groups excluding carboxylic acids is 1. The minimum absolute atomic E-state index is 0.0398. The van der Waals surface area contributed by atoms with E-state index in [4.69, 9.17) is 9.84 Å². The molecule has 0 aromatic heterocycles. The van der Waals surface area contributed by atoms with Crippen molar-refractivity contribution in [3.63, 3.8) is 0 Å². The molecular weight excluding hydrogens is 299 g/mol. The van der Waals surface area contributed by atoms with Gasteiger partial charge in [0.05, 0.1) is 11.5 Å². The SMILES string of the molecule is O=C(COc1ccccc1[N+](=O)[O-])N1CCC(F)(C(=O)O)C1. The van der Waals surface area contributed by atoms with Gasteiger partial charge in [-0.3, -0.25) is 14.9 Å². The fraction of sp³-hybridized carbons (Fsp3) is 0.385. The number of nitro groups is 1. The Morgan fingerprint density at radius 3 is 2.73 bits per heavy atom. The number of likely N-dealkylation sites (tertiary alicyclic amines) is 1. The largest absolute Gasteiger partial charge is 0.479 e. The van der Waals surface area contributed by atoms with Crippen LogP contribution in [0, 0.1) is 10.1 Å². The van der Waals surface area contributed by atoms with Crippen molar-refractivity contribution in [1.29, 1.82) is 0 Å². The van der Waals surface area contributed by atoms with Gasteiger partial charge in [0.1, 0.15) is 0 Å². The highest BCUT2D eigenvalue weighted by Gasteiger charge is 2.46. The van der Waals surface area contributed by atoms with Crippen LogP contribution < -0.4 is 4.74 Å². The number of nitro benzene ring substituents is 1. The van der Waals surface area contributed by atoms with Crippen molar-refractivity contribution in [3.8, 4) is 5.75 Å². The van der Waals surface area contributed by atoms with Gasteiger partial charge in [0.2, 0.25) is 5.67 Å². The van der Waals surface area contributed by atoms with Crippen molar-refractivity contribution in [1.82, 2.24) is 4.90 Å². The lowest BCUT2D eigenvalue weighted by molar-refractivity contribution is -0.385. The Morgan fingerprint density at radius 2 is 2.14 bits per heavy atom. The summed E-state index contributed by atoms with van der Waals surface area (Å²) >= 11 is 0. The molecular formula is C13H13FN2O6. The number of amides is 1. The summed E-state index contributed by atoms with van der Waals surface area (Å²) in [4.78, 5) is 33.8. The number of hydrogen-bond acceptors (Lipinski definition) is 5. The number of hydrogen-bond donors (Lipinski definition) is 1. The van der Waals surface area contributed by atoms with Gasteiger partial charge in [-0.15, -0.1) is 0 Å². The van der Waals surface area contributed by atoms with Crippen LogP contribution in [-0.2, 0) is 9.59 Å². The molecule has 1 aromatic rings. The smallest absolute Gasteiger partial charge is 0.343 e. The molecule has 1 aliphatic heterocycles. The zero-order valence-electron chi connectivity index (χ0n) is 11.4. The van der Waals surface area contributed by atoms with Gasteiger partial charge in [-0.1, -0.05) is 12.1 Å². The van der Waals surface area contributed by atoms with Crippen LogP contribution in [0.4, 0.5) is 10.1 Å². The van der Waals surface area contributed by atoms with E-state index in [0.717, 1.165) is 4.90 Å². The molecule has 1 saturated heterocycles. The summed E-state index contributed by atoms with van der Waals surface area (Å²) in [6.45, 7) is -1.12. The quantitative estimate of drug-likeness (QED) is 0.641. The average Bonchev–Trinajstić information content (AvgIpc) is 2.89. The molecule has 0 saturated carbocycles. The van der Waals surface area contributed by atoms with Gasteiger partial charge in [0.15, 0.2) is 12.4 Å². The van der Waals surface area contributed by atoms with E-state index in [0.29, 0.717) is 0 Å². The molecule has 1 aliphatic rings. The second kappa shape index (κ2) is 5.96. The molecule has 0 bridgehead atoms. The Balaban J connectivity index is 1.97. The highest BCUT2D eigenvalue weighted by atomic mass is 19.1. The lowest BCUT2D eigenvalue weighted by Crippen LogP contribution is -2.40. The maximum absolute atomic E-state index is 13.9. The van der Waals surface area contributed by atoms with E-state index in [1.165, 1.54) is 24.3 Å². The molecule has 9 heteroatoms. The van der Waals surface area contributed by atoms with Crippen molar-refractivity contribution < 1.29 is 28.7 Å². The van der Waals surface area contributed by atoms with Gasteiger partial charge < -0.3 is 14.7 Å². The molecule has 0 spiro atoms. The highest BCUT2D eigenvalue weighted by Crippen LogP contribution is 2.28. The van der Waals surface area contributed by atoms with Crippen LogP contribution in [0.3, 0.4) is 0 Å². The first-order chi connectivity index (χ1) is 10.3. The van der Waals surface area contributed by atoms with Gasteiger partial charge in [0, 0.05) is 19.0 Å². The third kappa shape index (κ3) is 3.13. The number of para-hydroxylation sites is 2. The summed E-state index contributed by atoms with van der Waals surface area (Å²) in [5, 5.41) is 19.6. The Kier molecular flexibility index (Phi) is 4.25. The van der Waals surface area contributed by atoms with Crippen molar-refractivity contribution in [2.45, 2.75) is 12.1 Å². The number of carboxylic acid groups (broad SMARTS) is 1. The fourth-order valence-corrected chi connectivity index (χ4v) is 2.12. The second-order valence-corrected chi connectivity index (χ2v) is 4.85. The fourth-order valence-electron chi connectivity index (χ4n) is 2.12. The minimum atomic E-state index is -2.45. The summed E-state index contributed by atoms with van der Waals surface area (Å²) in [6.07, 6.45) is -0.292. The first kappa shape index (κ1) is 15.7. The number of carbonyl (C=O) groups is 2. The van der Waals surface area contributed by atoms with E-state index in [9.17, 15) is 24.1 Å². The molecule has 1 atom stereocenters. The van der Waals surface area contributed by atoms with Crippen molar-refractivity contribution in [3.05, 3.63) is 34.4 Å².